The molecule has 0 fully saturated rings. The average molecular weight is 404 g/mol. The summed E-state index contributed by atoms with van der Waals surface area (Å²) in [5, 5.41) is 2.81. The molecule has 6 heteroatoms. The van der Waals surface area contributed by atoms with Gasteiger partial charge in [0.1, 0.15) is 6.04 Å². The number of rotatable bonds is 8. The molecule has 1 atom stereocenters. The van der Waals surface area contributed by atoms with Crippen molar-refractivity contribution in [3.63, 3.8) is 0 Å². The van der Waals surface area contributed by atoms with Crippen molar-refractivity contribution in [2.75, 3.05) is 18.4 Å². The summed E-state index contributed by atoms with van der Waals surface area (Å²) in [6.07, 6.45) is 1.85. The topological polar surface area (TPSA) is 75.4 Å². The van der Waals surface area contributed by atoms with Crippen molar-refractivity contribution in [3.05, 3.63) is 65.2 Å². The fraction of sp³-hybridized carbons (Fsp3) is 0.364. The lowest BCUT2D eigenvalue weighted by atomic mass is 10.1. The van der Waals surface area contributed by atoms with Crippen molar-refractivity contribution in [1.82, 2.24) is 4.90 Å². The molecule has 0 saturated carbocycles. The third kappa shape index (κ3) is 6.36. The van der Waals surface area contributed by atoms with Crippen LogP contribution in [0.15, 0.2) is 48.5 Å². The fourth-order valence-corrected chi connectivity index (χ4v) is 2.88. The Balaban J connectivity index is 0.00000392. The van der Waals surface area contributed by atoms with Crippen LogP contribution in [-0.2, 0) is 4.79 Å². The first-order valence-electron chi connectivity index (χ1n) is 9.48. The highest BCUT2D eigenvalue weighted by Gasteiger charge is 2.17. The number of amides is 2. The molecule has 152 valence electrons. The van der Waals surface area contributed by atoms with E-state index in [0.29, 0.717) is 11.3 Å². The molecule has 2 aromatic carbocycles. The molecule has 0 aliphatic heterocycles. The minimum Gasteiger partial charge on any atom is -0.339 e. The number of nitrogens with two attached hydrogens (primary N) is 1. The number of nitrogens with one attached hydrogen (secondary N) is 1. The van der Waals surface area contributed by atoms with E-state index in [4.69, 9.17) is 5.73 Å². The molecule has 0 radical (unpaired) electrons. The van der Waals surface area contributed by atoms with E-state index in [1.165, 1.54) is 0 Å². The molecule has 0 spiro atoms. The Labute approximate surface area is 173 Å². The van der Waals surface area contributed by atoms with Gasteiger partial charge in [-0.3, -0.25) is 9.59 Å². The molecular formula is C22H30ClN3O2. The molecule has 0 aromatic heterocycles. The van der Waals surface area contributed by atoms with Crippen molar-refractivity contribution >= 4 is 29.9 Å². The van der Waals surface area contributed by atoms with Gasteiger partial charge >= 0.3 is 0 Å². The van der Waals surface area contributed by atoms with Crippen LogP contribution in [0.5, 0.6) is 0 Å². The highest BCUT2D eigenvalue weighted by Crippen LogP contribution is 2.16. The number of hydrogen-bond acceptors (Lipinski definition) is 3. The van der Waals surface area contributed by atoms with E-state index >= 15 is 0 Å². The van der Waals surface area contributed by atoms with E-state index in [1.54, 1.807) is 24.3 Å². The Morgan fingerprint density at radius 2 is 1.50 bits per heavy atom. The second kappa shape index (κ2) is 11.5. The smallest absolute Gasteiger partial charge is 0.253 e. The molecule has 0 heterocycles. The number of carbonyl (C=O) groups excluding carboxylic acids is 2. The van der Waals surface area contributed by atoms with Gasteiger partial charge in [0.05, 0.1) is 0 Å². The summed E-state index contributed by atoms with van der Waals surface area (Å²) in [6.45, 7) is 7.60. The van der Waals surface area contributed by atoms with Crippen LogP contribution in [0.4, 0.5) is 5.69 Å². The number of halogens is 1. The zero-order chi connectivity index (χ0) is 19.8. The van der Waals surface area contributed by atoms with Crippen LogP contribution in [0, 0.1) is 6.92 Å². The van der Waals surface area contributed by atoms with E-state index in [0.717, 1.165) is 37.1 Å². The molecule has 1 unspecified atom stereocenters. The zero-order valence-corrected chi connectivity index (χ0v) is 17.6. The van der Waals surface area contributed by atoms with Crippen LogP contribution >= 0.6 is 12.4 Å². The van der Waals surface area contributed by atoms with Crippen LogP contribution in [0.3, 0.4) is 0 Å². The first-order chi connectivity index (χ1) is 13.0. The number of aryl methyl sites for hydroxylation is 1. The normalized spacial score (nSPS) is 11.3. The summed E-state index contributed by atoms with van der Waals surface area (Å²) in [7, 11) is 0. The van der Waals surface area contributed by atoms with Crippen molar-refractivity contribution in [1.29, 1.82) is 0 Å². The molecule has 0 saturated heterocycles. The van der Waals surface area contributed by atoms with Gasteiger partial charge in [-0.2, -0.15) is 0 Å². The van der Waals surface area contributed by atoms with E-state index in [-0.39, 0.29) is 24.2 Å². The summed E-state index contributed by atoms with van der Waals surface area (Å²) in [4.78, 5) is 26.8. The fourth-order valence-electron chi connectivity index (χ4n) is 2.88. The van der Waals surface area contributed by atoms with Crippen LogP contribution in [0.2, 0.25) is 0 Å². The Hall–Kier alpha value is -2.37. The number of nitrogens with zero attached hydrogens (tertiary/aromatic N) is 1. The van der Waals surface area contributed by atoms with Gasteiger partial charge in [-0.25, -0.2) is 0 Å². The van der Waals surface area contributed by atoms with Crippen LogP contribution in [-0.4, -0.2) is 29.8 Å². The molecule has 2 aromatic rings. The van der Waals surface area contributed by atoms with E-state index in [2.05, 4.69) is 19.2 Å². The summed E-state index contributed by atoms with van der Waals surface area (Å²) < 4.78 is 0. The number of anilines is 1. The maximum atomic E-state index is 12.6. The maximum Gasteiger partial charge on any atom is 0.253 e. The number of benzene rings is 2. The Kier molecular flexibility index (Phi) is 9.69. The number of hydrogen-bond donors (Lipinski definition) is 2. The van der Waals surface area contributed by atoms with Crippen LogP contribution in [0.25, 0.3) is 0 Å². The van der Waals surface area contributed by atoms with Gasteiger partial charge in [0.25, 0.3) is 5.91 Å². The van der Waals surface area contributed by atoms with E-state index in [1.807, 2.05) is 36.1 Å². The lowest BCUT2D eigenvalue weighted by molar-refractivity contribution is -0.117. The third-order valence-electron chi connectivity index (χ3n) is 4.39. The van der Waals surface area contributed by atoms with Gasteiger partial charge in [0.15, 0.2) is 0 Å². The molecular weight excluding hydrogens is 374 g/mol. The summed E-state index contributed by atoms with van der Waals surface area (Å²) >= 11 is 0. The van der Waals surface area contributed by atoms with Gasteiger partial charge in [0, 0.05) is 24.3 Å². The molecule has 2 amide bonds. The highest BCUT2D eigenvalue weighted by molar-refractivity contribution is 5.97. The van der Waals surface area contributed by atoms with Crippen LogP contribution in [0.1, 0.15) is 54.2 Å². The molecule has 0 aliphatic carbocycles. The quantitative estimate of drug-likeness (QED) is 0.689. The molecule has 2 rings (SSSR count). The first-order valence-corrected chi connectivity index (χ1v) is 9.48. The molecule has 28 heavy (non-hydrogen) atoms. The van der Waals surface area contributed by atoms with Gasteiger partial charge in [-0.15, -0.1) is 12.4 Å². The Morgan fingerprint density at radius 3 is 2.00 bits per heavy atom. The van der Waals surface area contributed by atoms with Crippen molar-refractivity contribution in [3.8, 4) is 0 Å². The summed E-state index contributed by atoms with van der Waals surface area (Å²) in [5.74, 6) is -0.260. The second-order valence-corrected chi connectivity index (χ2v) is 6.75. The maximum absolute atomic E-state index is 12.6. The number of carbonyl (C=O) groups is 2. The minimum absolute atomic E-state index is 0. The van der Waals surface area contributed by atoms with E-state index < -0.39 is 6.04 Å². The Morgan fingerprint density at radius 1 is 0.964 bits per heavy atom. The standard InChI is InChI=1S/C22H29N3O2.ClH/c1-4-14-25(15-5-2)22(27)18-10-12-19(13-11-18)24-21(26)20(23)17-8-6-16(3)7-9-17;/h6-13,20H,4-5,14-15,23H2,1-3H3,(H,24,26);1H. The van der Waals surface area contributed by atoms with Crippen molar-refractivity contribution < 1.29 is 9.59 Å². The highest BCUT2D eigenvalue weighted by atomic mass is 35.5. The van der Waals surface area contributed by atoms with Crippen LogP contribution < -0.4 is 11.1 Å². The van der Waals surface area contributed by atoms with Gasteiger partial charge in [-0.1, -0.05) is 43.7 Å². The summed E-state index contributed by atoms with van der Waals surface area (Å²) in [5.41, 5.74) is 9.17. The second-order valence-electron chi connectivity index (χ2n) is 6.75. The molecule has 0 bridgehead atoms. The largest absolute Gasteiger partial charge is 0.339 e. The predicted octanol–water partition coefficient (Wildman–Crippen LogP) is 4.32. The SMILES string of the molecule is CCCN(CCC)C(=O)c1ccc(NC(=O)C(N)c2ccc(C)cc2)cc1.Cl. The van der Waals surface area contributed by atoms with Crippen molar-refractivity contribution in [2.45, 2.75) is 39.7 Å². The predicted molar refractivity (Wildman–Crippen MR) is 117 cm³/mol. The minimum atomic E-state index is -0.739. The summed E-state index contributed by atoms with van der Waals surface area (Å²) in [6, 6.07) is 13.8. The monoisotopic (exact) mass is 403 g/mol. The first kappa shape index (κ1) is 23.7. The van der Waals surface area contributed by atoms with Gasteiger partial charge in [0.2, 0.25) is 5.91 Å². The van der Waals surface area contributed by atoms with E-state index in [9.17, 15) is 9.59 Å². The average Bonchev–Trinajstić information content (AvgIpc) is 2.68. The van der Waals surface area contributed by atoms with Gasteiger partial charge < -0.3 is 16.0 Å². The molecule has 3 N–H and O–H groups in total. The zero-order valence-electron chi connectivity index (χ0n) is 16.8. The lowest BCUT2D eigenvalue weighted by Gasteiger charge is -2.21. The lowest BCUT2D eigenvalue weighted by Crippen LogP contribution is -2.32. The Bertz CT molecular complexity index is 754. The van der Waals surface area contributed by atoms with Gasteiger partial charge in [-0.05, 0) is 49.6 Å². The third-order valence-corrected chi connectivity index (χ3v) is 4.39. The molecule has 0 aliphatic rings. The van der Waals surface area contributed by atoms with Crippen molar-refractivity contribution in [2.24, 2.45) is 5.73 Å². The molecule has 5 nitrogen and oxygen atoms in total.